The number of piperazine rings is 1. The topological polar surface area (TPSA) is 149 Å². The zero-order valence-corrected chi connectivity index (χ0v) is 26.8. The van der Waals surface area contributed by atoms with Gasteiger partial charge in [-0.05, 0) is 18.8 Å². The van der Waals surface area contributed by atoms with E-state index in [0.29, 0.717) is 69.5 Å². The van der Waals surface area contributed by atoms with Crippen molar-refractivity contribution in [3.8, 4) is 0 Å². The lowest BCUT2D eigenvalue weighted by Crippen LogP contribution is -2.59. The summed E-state index contributed by atoms with van der Waals surface area (Å²) in [6.07, 6.45) is 1.48. The summed E-state index contributed by atoms with van der Waals surface area (Å²) in [5.41, 5.74) is -0.0291. The molecule has 0 spiro atoms. The van der Waals surface area contributed by atoms with Crippen LogP contribution in [0.15, 0.2) is 6.20 Å². The number of anilines is 1. The molecule has 0 unspecified atom stereocenters. The van der Waals surface area contributed by atoms with Crippen molar-refractivity contribution < 1.29 is 29.0 Å². The molecule has 2 fully saturated rings. The number of carbonyl (C=O) groups is 4. The fourth-order valence-corrected chi connectivity index (χ4v) is 5.54. The third kappa shape index (κ3) is 9.01. The lowest BCUT2D eigenvalue weighted by Gasteiger charge is -2.44. The molecule has 0 aromatic carbocycles. The van der Waals surface area contributed by atoms with Crippen molar-refractivity contribution in [1.82, 2.24) is 29.6 Å². The van der Waals surface area contributed by atoms with E-state index in [9.17, 15) is 24.3 Å². The molecule has 0 aliphatic carbocycles. The molecule has 4 amide bonds. The average molecular weight is 604 g/mol. The summed E-state index contributed by atoms with van der Waals surface area (Å²) >= 11 is 0. The molecule has 0 bridgehead atoms. The summed E-state index contributed by atoms with van der Waals surface area (Å²) in [7, 11) is 1.63. The minimum Gasteiger partial charge on any atom is -0.465 e. The van der Waals surface area contributed by atoms with Crippen LogP contribution in [0, 0.1) is 11.8 Å². The van der Waals surface area contributed by atoms with E-state index < -0.39 is 18.1 Å². The van der Waals surface area contributed by atoms with Crippen LogP contribution < -0.4 is 5.32 Å². The van der Waals surface area contributed by atoms with E-state index in [-0.39, 0.29) is 42.1 Å². The number of likely N-dealkylation sites (tertiary alicyclic amines) is 1. The van der Waals surface area contributed by atoms with Crippen molar-refractivity contribution in [3.63, 3.8) is 0 Å². The molecule has 0 radical (unpaired) electrons. The fourth-order valence-electron chi connectivity index (χ4n) is 5.54. The summed E-state index contributed by atoms with van der Waals surface area (Å²) < 4.78 is 5.17. The van der Waals surface area contributed by atoms with E-state index in [1.54, 1.807) is 28.0 Å². The van der Waals surface area contributed by atoms with Gasteiger partial charge in [0.25, 0.3) is 5.91 Å². The van der Waals surface area contributed by atoms with E-state index in [1.807, 2.05) is 34.6 Å². The standard InChI is InChI=1S/C30H49N7O6/c1-20(2)17-37(27(40)24-16-32-28(30(4,5)6)33-25(24)31-9-8-14-43-7)23-15-22(18-36(19-23)29(41)42)26(39)35-12-10-34(11-13-35)21(3)38/h16,20,22-23H,8-15,17-19H2,1-7H3,(H,41,42)(H,31,32,33)/t22-,23+/m1/s1. The maximum absolute atomic E-state index is 14.3. The van der Waals surface area contributed by atoms with Crippen LogP contribution in [0.2, 0.25) is 0 Å². The summed E-state index contributed by atoms with van der Waals surface area (Å²) in [4.78, 5) is 67.5. The average Bonchev–Trinajstić information content (AvgIpc) is 2.96. The molecule has 3 heterocycles. The second-order valence-electron chi connectivity index (χ2n) is 12.9. The number of hydrogen-bond donors (Lipinski definition) is 2. The van der Waals surface area contributed by atoms with Crippen LogP contribution in [-0.4, -0.2) is 131 Å². The van der Waals surface area contributed by atoms with Crippen LogP contribution in [0.25, 0.3) is 0 Å². The molecule has 13 nitrogen and oxygen atoms in total. The molecule has 2 aliphatic heterocycles. The van der Waals surface area contributed by atoms with Crippen LogP contribution in [0.5, 0.6) is 0 Å². The number of ether oxygens (including phenoxy) is 1. The predicted molar refractivity (Wildman–Crippen MR) is 162 cm³/mol. The van der Waals surface area contributed by atoms with Gasteiger partial charge in [-0.2, -0.15) is 0 Å². The molecule has 2 aliphatic rings. The Bertz CT molecular complexity index is 1150. The number of rotatable bonds is 10. The van der Waals surface area contributed by atoms with Crippen molar-refractivity contribution in [3.05, 3.63) is 17.6 Å². The summed E-state index contributed by atoms with van der Waals surface area (Å²) in [6.45, 7) is 14.9. The van der Waals surface area contributed by atoms with Gasteiger partial charge >= 0.3 is 6.09 Å². The minimum absolute atomic E-state index is 0.0308. The molecule has 13 heteroatoms. The third-order valence-corrected chi connectivity index (χ3v) is 7.86. The highest BCUT2D eigenvalue weighted by Crippen LogP contribution is 2.28. The highest BCUT2D eigenvalue weighted by atomic mass is 16.5. The zero-order chi connectivity index (χ0) is 31.9. The Hall–Kier alpha value is -3.48. The molecule has 240 valence electrons. The Morgan fingerprint density at radius 1 is 1.09 bits per heavy atom. The van der Waals surface area contributed by atoms with Gasteiger partial charge < -0.3 is 34.8 Å². The van der Waals surface area contributed by atoms with Crippen LogP contribution in [-0.2, 0) is 19.7 Å². The Morgan fingerprint density at radius 3 is 2.30 bits per heavy atom. The largest absolute Gasteiger partial charge is 0.465 e. The fraction of sp³-hybridized carbons (Fsp3) is 0.733. The van der Waals surface area contributed by atoms with Gasteiger partial charge in [-0.15, -0.1) is 0 Å². The SMILES string of the molecule is COCCCNc1nc(C(C)(C)C)ncc1C(=O)N(CC(C)C)[C@H]1C[C@@H](C(=O)N2CCN(C(C)=O)CC2)CN(C(=O)O)C1. The first kappa shape index (κ1) is 34.0. The van der Waals surface area contributed by atoms with Gasteiger partial charge in [0, 0.05) is 84.6 Å². The number of aromatic nitrogens is 2. The Labute approximate surface area is 254 Å². The summed E-state index contributed by atoms with van der Waals surface area (Å²) in [5, 5.41) is 13.3. The van der Waals surface area contributed by atoms with Crippen LogP contribution in [0.1, 0.15) is 70.6 Å². The van der Waals surface area contributed by atoms with Gasteiger partial charge in [0.2, 0.25) is 11.8 Å². The molecule has 0 saturated carbocycles. The number of methoxy groups -OCH3 is 1. The highest BCUT2D eigenvalue weighted by molar-refractivity contribution is 5.98. The zero-order valence-electron chi connectivity index (χ0n) is 26.8. The van der Waals surface area contributed by atoms with Gasteiger partial charge in [-0.1, -0.05) is 34.6 Å². The number of piperidine rings is 1. The van der Waals surface area contributed by atoms with Crippen LogP contribution in [0.3, 0.4) is 0 Å². The maximum atomic E-state index is 14.3. The predicted octanol–water partition coefficient (Wildman–Crippen LogP) is 2.38. The van der Waals surface area contributed by atoms with E-state index >= 15 is 0 Å². The first-order valence-electron chi connectivity index (χ1n) is 15.2. The van der Waals surface area contributed by atoms with E-state index in [2.05, 4.69) is 10.3 Å². The normalized spacial score (nSPS) is 19.4. The van der Waals surface area contributed by atoms with Crippen molar-refractivity contribution >= 4 is 29.6 Å². The van der Waals surface area contributed by atoms with Gasteiger partial charge in [-0.3, -0.25) is 14.4 Å². The van der Waals surface area contributed by atoms with Gasteiger partial charge in [0.15, 0.2) is 0 Å². The number of carbonyl (C=O) groups excluding carboxylic acids is 3. The van der Waals surface area contributed by atoms with Gasteiger partial charge in [0.1, 0.15) is 17.2 Å². The number of nitrogens with one attached hydrogen (secondary N) is 1. The first-order chi connectivity index (χ1) is 20.2. The number of amides is 4. The molecule has 1 aromatic rings. The van der Waals surface area contributed by atoms with Crippen molar-refractivity contribution in [2.45, 2.75) is 65.8 Å². The molecular weight excluding hydrogens is 554 g/mol. The highest BCUT2D eigenvalue weighted by Gasteiger charge is 2.41. The molecule has 2 saturated heterocycles. The second-order valence-corrected chi connectivity index (χ2v) is 12.9. The minimum atomic E-state index is -1.13. The summed E-state index contributed by atoms with van der Waals surface area (Å²) in [6, 6.07) is -0.518. The van der Waals surface area contributed by atoms with Crippen LogP contribution in [0.4, 0.5) is 10.6 Å². The van der Waals surface area contributed by atoms with E-state index in [0.717, 1.165) is 6.42 Å². The van der Waals surface area contributed by atoms with Crippen molar-refractivity contribution in [2.24, 2.45) is 11.8 Å². The van der Waals surface area contributed by atoms with Crippen LogP contribution >= 0.6 is 0 Å². The first-order valence-corrected chi connectivity index (χ1v) is 15.2. The Balaban J connectivity index is 1.91. The molecule has 1 aromatic heterocycles. The second kappa shape index (κ2) is 14.8. The number of hydrogen-bond acceptors (Lipinski definition) is 8. The molecule has 2 atom stereocenters. The Morgan fingerprint density at radius 2 is 1.74 bits per heavy atom. The molecule has 3 rings (SSSR count). The van der Waals surface area contributed by atoms with E-state index in [1.165, 1.54) is 11.8 Å². The smallest absolute Gasteiger partial charge is 0.407 e. The lowest BCUT2D eigenvalue weighted by atomic mass is 9.91. The molecule has 2 N–H and O–H groups in total. The van der Waals surface area contributed by atoms with E-state index in [4.69, 9.17) is 9.72 Å². The van der Waals surface area contributed by atoms with Gasteiger partial charge in [0.05, 0.1) is 12.0 Å². The number of carboxylic acid groups (broad SMARTS) is 1. The molecular formula is C30H49N7O6. The Kier molecular flexibility index (Phi) is 11.7. The van der Waals surface area contributed by atoms with Gasteiger partial charge in [-0.25, -0.2) is 14.8 Å². The van der Waals surface area contributed by atoms with Crippen molar-refractivity contribution in [2.75, 3.05) is 71.4 Å². The maximum Gasteiger partial charge on any atom is 0.407 e. The van der Waals surface area contributed by atoms with Crippen molar-refractivity contribution in [1.29, 1.82) is 0 Å². The number of nitrogens with zero attached hydrogens (tertiary/aromatic N) is 6. The molecule has 43 heavy (non-hydrogen) atoms. The monoisotopic (exact) mass is 603 g/mol. The quantitative estimate of drug-likeness (QED) is 0.385. The third-order valence-electron chi connectivity index (χ3n) is 7.86. The summed E-state index contributed by atoms with van der Waals surface area (Å²) in [5.74, 6) is 0.0296. The lowest BCUT2D eigenvalue weighted by molar-refractivity contribution is -0.143.